The van der Waals surface area contributed by atoms with Crippen LogP contribution in [0.1, 0.15) is 84.8 Å². The van der Waals surface area contributed by atoms with Crippen molar-refractivity contribution < 1.29 is 31.8 Å². The summed E-state index contributed by atoms with van der Waals surface area (Å²) in [6.07, 6.45) is 10.0. The average molecular weight is 807 g/mol. The molecule has 2 bridgehead atoms. The fourth-order valence-electron chi connectivity index (χ4n) is 9.75. The van der Waals surface area contributed by atoms with Crippen molar-refractivity contribution in [2.45, 2.75) is 88.5 Å². The first-order valence-electron chi connectivity index (χ1n) is 20.2. The van der Waals surface area contributed by atoms with Gasteiger partial charge in [-0.05, 0) is 112 Å². The predicted octanol–water partition coefficient (Wildman–Crippen LogP) is 6.64. The van der Waals surface area contributed by atoms with Gasteiger partial charge in [0.15, 0.2) is 5.89 Å². The molecule has 1 spiro atoms. The number of morpholine rings is 1. The highest BCUT2D eigenvalue weighted by atomic mass is 35.5. The van der Waals surface area contributed by atoms with Crippen LogP contribution in [-0.4, -0.2) is 88.2 Å². The highest BCUT2D eigenvalue weighted by molar-refractivity contribution is 7.90. The van der Waals surface area contributed by atoms with Gasteiger partial charge in [-0.15, -0.1) is 0 Å². The first-order chi connectivity index (χ1) is 26.9. The third kappa shape index (κ3) is 7.64. The van der Waals surface area contributed by atoms with Crippen molar-refractivity contribution in [1.29, 1.82) is 0 Å². The molecule has 6 atom stereocenters. The molecule has 2 aromatic carbocycles. The second-order valence-electron chi connectivity index (χ2n) is 16.9. The number of nitrogens with one attached hydrogen (secondary N) is 1. The lowest BCUT2D eigenvalue weighted by Crippen LogP contribution is -2.54. The zero-order valence-corrected chi connectivity index (χ0v) is 34.6. The lowest BCUT2D eigenvalue weighted by Gasteiger charge is -2.50. The number of amides is 1. The number of fused-ring (bicyclic) bond motifs is 4. The van der Waals surface area contributed by atoms with E-state index in [1.165, 1.54) is 11.1 Å². The van der Waals surface area contributed by atoms with Crippen LogP contribution in [0.25, 0.3) is 0 Å². The first-order valence-corrected chi connectivity index (χ1v) is 22.2. The van der Waals surface area contributed by atoms with Crippen LogP contribution in [0, 0.1) is 24.7 Å². The van der Waals surface area contributed by atoms with Crippen LogP contribution in [0.4, 0.5) is 5.69 Å². The summed E-state index contributed by atoms with van der Waals surface area (Å²) in [5, 5.41) is -0.0939. The maximum atomic E-state index is 13.7. The second-order valence-corrected chi connectivity index (χ2v) is 19.3. The molecule has 2 fully saturated rings. The van der Waals surface area contributed by atoms with Gasteiger partial charge in [-0.1, -0.05) is 36.7 Å². The monoisotopic (exact) mass is 806 g/mol. The number of benzene rings is 2. The molecular formula is C43H55ClN4O7S. The number of hydrogen-bond acceptors (Lipinski definition) is 10. The number of aryl methyl sites for hydroxylation is 2. The molecule has 4 heterocycles. The molecule has 56 heavy (non-hydrogen) atoms. The Balaban J connectivity index is 1.19. The minimum atomic E-state index is -4.00. The second kappa shape index (κ2) is 15.7. The summed E-state index contributed by atoms with van der Waals surface area (Å²) in [5.41, 5.74) is 3.46. The summed E-state index contributed by atoms with van der Waals surface area (Å²) in [6, 6.07) is 11.5. The Morgan fingerprint density at radius 1 is 1.11 bits per heavy atom. The Kier molecular flexibility index (Phi) is 11.1. The number of ether oxygens (including phenoxy) is 3. The number of halogens is 1. The smallest absolute Gasteiger partial charge is 0.264 e. The molecule has 1 N–H and O–H groups in total. The van der Waals surface area contributed by atoms with E-state index in [2.05, 4.69) is 38.8 Å². The van der Waals surface area contributed by atoms with Crippen molar-refractivity contribution in [3.63, 3.8) is 0 Å². The summed E-state index contributed by atoms with van der Waals surface area (Å²) in [5.74, 6) is 1.57. The van der Waals surface area contributed by atoms with E-state index in [0.717, 1.165) is 67.4 Å². The van der Waals surface area contributed by atoms with Gasteiger partial charge < -0.3 is 23.5 Å². The number of rotatable bonds is 5. The number of anilines is 1. The van der Waals surface area contributed by atoms with E-state index >= 15 is 0 Å². The number of methoxy groups -OCH3 is 1. The van der Waals surface area contributed by atoms with Gasteiger partial charge >= 0.3 is 0 Å². The number of oxazole rings is 1. The normalized spacial score (nSPS) is 31.3. The Morgan fingerprint density at radius 2 is 1.93 bits per heavy atom. The molecule has 3 aliphatic heterocycles. The van der Waals surface area contributed by atoms with E-state index < -0.39 is 26.8 Å². The predicted molar refractivity (Wildman–Crippen MR) is 216 cm³/mol. The number of sulfonamides is 1. The number of nitrogens with zero attached hydrogens (tertiary/aromatic N) is 3. The maximum Gasteiger partial charge on any atom is 0.264 e. The highest BCUT2D eigenvalue weighted by Gasteiger charge is 2.50. The number of hydrogen-bond donors (Lipinski definition) is 1. The van der Waals surface area contributed by atoms with Crippen molar-refractivity contribution >= 4 is 33.2 Å². The van der Waals surface area contributed by atoms with Crippen LogP contribution in [0.2, 0.25) is 5.02 Å². The molecule has 0 radical (unpaired) electrons. The van der Waals surface area contributed by atoms with E-state index in [0.29, 0.717) is 63.9 Å². The van der Waals surface area contributed by atoms with E-state index in [9.17, 15) is 13.2 Å². The van der Waals surface area contributed by atoms with Crippen LogP contribution in [0.5, 0.6) is 5.75 Å². The van der Waals surface area contributed by atoms with Crippen molar-refractivity contribution in [3.8, 4) is 5.75 Å². The highest BCUT2D eigenvalue weighted by Crippen LogP contribution is 2.50. The Morgan fingerprint density at radius 3 is 2.70 bits per heavy atom. The minimum absolute atomic E-state index is 0.121. The topological polar surface area (TPSA) is 123 Å². The van der Waals surface area contributed by atoms with Crippen molar-refractivity contribution in [2.75, 3.05) is 58.0 Å². The van der Waals surface area contributed by atoms with Crippen LogP contribution < -0.4 is 14.4 Å². The van der Waals surface area contributed by atoms with Gasteiger partial charge in [0.25, 0.3) is 5.91 Å². The van der Waals surface area contributed by atoms with Crippen molar-refractivity contribution in [1.82, 2.24) is 14.6 Å². The Hall–Kier alpha value is -3.42. The molecule has 1 saturated carbocycles. The van der Waals surface area contributed by atoms with Crippen LogP contribution >= 0.6 is 11.6 Å². The summed E-state index contributed by atoms with van der Waals surface area (Å²) in [6.45, 7) is 11.3. The van der Waals surface area contributed by atoms with Crippen molar-refractivity contribution in [2.24, 2.45) is 17.8 Å². The van der Waals surface area contributed by atoms with Crippen LogP contribution in [0.15, 0.2) is 53.0 Å². The molecule has 1 amide bonds. The number of carbonyl (C=O) groups excluding carboxylic acids is 1. The molecule has 0 unspecified atom stereocenters. The van der Waals surface area contributed by atoms with Gasteiger partial charge in [0, 0.05) is 55.8 Å². The van der Waals surface area contributed by atoms with Crippen LogP contribution in [0.3, 0.4) is 0 Å². The molecule has 13 heteroatoms. The fraction of sp³-hybridized carbons (Fsp3) is 0.581. The Labute approximate surface area is 336 Å². The maximum absolute atomic E-state index is 13.7. The summed E-state index contributed by atoms with van der Waals surface area (Å²) < 4.78 is 55.0. The van der Waals surface area contributed by atoms with Gasteiger partial charge in [-0.2, -0.15) is 0 Å². The third-order valence-corrected chi connectivity index (χ3v) is 15.6. The number of allylic oxidation sites excluding steroid dienone is 1. The molecule has 11 nitrogen and oxygen atoms in total. The standard InChI is InChI=1S/C43H55ClN4O7S/c1-28-7-5-16-43(52-4,23-40-45-37(29(2)55-40)25-47-17-19-53-20-18-47)36-12-9-33(36)24-48-26-42(15-6-8-31-21-34(44)11-13-35(31)42)27-54-39-14-10-32(22-38(39)48)41(49)46-56(50,51)30(28)3/h5,10-11,13-14,16,21-22,28,30,33,36H,6-9,12,15,17-20,23-27H2,1-4H3,(H,46,49)/b16-5-/t28-,30+,33-,36+,42-,43+/m0/s1. The van der Waals surface area contributed by atoms with Gasteiger partial charge in [0.05, 0.1) is 48.5 Å². The summed E-state index contributed by atoms with van der Waals surface area (Å²) in [4.78, 5) is 23.5. The SMILES string of the molecule is CO[C@@]1(Cc2nc(CN3CCOCC3)c(C)o2)/C=C\C[C@H](C)[C@@H](C)S(=O)(=O)NC(=O)c2ccc3c(c2)N(C[C@@H]2CC[C@H]21)C[C@@]1(CCCc2cc(Cl)ccc21)CO3. The molecule has 1 saturated heterocycles. The minimum Gasteiger partial charge on any atom is -0.490 e. The molecule has 1 aromatic heterocycles. The summed E-state index contributed by atoms with van der Waals surface area (Å²) >= 11 is 6.51. The zero-order valence-electron chi connectivity index (χ0n) is 33.0. The lowest BCUT2D eigenvalue weighted by atomic mass is 9.63. The third-order valence-electron chi connectivity index (χ3n) is 13.5. The zero-order chi connectivity index (χ0) is 39.2. The fourth-order valence-corrected chi connectivity index (χ4v) is 11.2. The molecule has 2 aliphatic carbocycles. The van der Waals surface area contributed by atoms with E-state index in [4.69, 9.17) is 35.2 Å². The van der Waals surface area contributed by atoms with E-state index in [-0.39, 0.29) is 28.7 Å². The van der Waals surface area contributed by atoms with Gasteiger partial charge in [-0.3, -0.25) is 9.69 Å². The average Bonchev–Trinajstić information content (AvgIpc) is 3.42. The lowest BCUT2D eigenvalue weighted by molar-refractivity contribution is -0.0777. The van der Waals surface area contributed by atoms with E-state index in [1.54, 1.807) is 20.1 Å². The first kappa shape index (κ1) is 39.4. The van der Waals surface area contributed by atoms with Crippen LogP contribution in [-0.2, 0) is 44.3 Å². The quantitative estimate of drug-likeness (QED) is 0.281. The van der Waals surface area contributed by atoms with Gasteiger partial charge in [0.2, 0.25) is 10.0 Å². The summed E-state index contributed by atoms with van der Waals surface area (Å²) in [7, 11) is -2.23. The van der Waals surface area contributed by atoms with Gasteiger partial charge in [-0.25, -0.2) is 18.1 Å². The molecule has 5 aliphatic rings. The van der Waals surface area contributed by atoms with E-state index in [1.807, 2.05) is 32.0 Å². The van der Waals surface area contributed by atoms with Gasteiger partial charge in [0.1, 0.15) is 11.5 Å². The molecule has 8 rings (SSSR count). The van der Waals surface area contributed by atoms with Crippen molar-refractivity contribution in [3.05, 3.63) is 87.6 Å². The largest absolute Gasteiger partial charge is 0.490 e. The molecular weight excluding hydrogens is 752 g/mol. The molecule has 3 aromatic rings. The molecule has 302 valence electrons. The number of carbonyl (C=O) groups is 1. The number of aromatic nitrogens is 1. The Bertz CT molecular complexity index is 2080.